The van der Waals surface area contributed by atoms with Gasteiger partial charge in [0.1, 0.15) is 5.76 Å². The first-order valence-electron chi connectivity index (χ1n) is 2.85. The molecule has 0 atom stereocenters. The Morgan fingerprint density at radius 1 is 1.70 bits per heavy atom. The predicted octanol–water partition coefficient (Wildman–Crippen LogP) is 2.05. The minimum atomic E-state index is 0.0349. The number of aliphatic hydroxyl groups is 1. The topological polar surface area (TPSA) is 33.4 Å². The highest BCUT2D eigenvalue weighted by Gasteiger charge is 1.95. The minimum Gasteiger partial charge on any atom is -0.464 e. The molecule has 0 spiro atoms. The van der Waals surface area contributed by atoms with Crippen LogP contribution in [0.15, 0.2) is 27.3 Å². The zero-order valence-corrected chi connectivity index (χ0v) is 6.84. The molecule has 1 N–H and O–H groups in total. The van der Waals surface area contributed by atoms with Gasteiger partial charge in [-0.15, -0.1) is 0 Å². The molecule has 0 saturated carbocycles. The van der Waals surface area contributed by atoms with Crippen molar-refractivity contribution in [1.82, 2.24) is 0 Å². The van der Waals surface area contributed by atoms with Crippen LogP contribution in [-0.2, 0) is 0 Å². The van der Waals surface area contributed by atoms with E-state index >= 15 is 0 Å². The second-order valence-electron chi connectivity index (χ2n) is 1.72. The van der Waals surface area contributed by atoms with E-state index in [0.29, 0.717) is 0 Å². The van der Waals surface area contributed by atoms with Gasteiger partial charge in [-0.3, -0.25) is 0 Å². The summed E-state index contributed by atoms with van der Waals surface area (Å²) in [5.74, 6) is 0.731. The molecule has 1 aromatic heterocycles. The van der Waals surface area contributed by atoms with Crippen molar-refractivity contribution in [2.45, 2.75) is 0 Å². The maximum absolute atomic E-state index is 8.41. The van der Waals surface area contributed by atoms with E-state index in [1.807, 2.05) is 0 Å². The Hall–Kier alpha value is -0.540. The van der Waals surface area contributed by atoms with E-state index in [-0.39, 0.29) is 6.61 Å². The van der Waals surface area contributed by atoms with Crippen molar-refractivity contribution < 1.29 is 9.52 Å². The third-order valence-corrected chi connectivity index (χ3v) is 1.67. The van der Waals surface area contributed by atoms with Crippen LogP contribution in [0.3, 0.4) is 0 Å². The Morgan fingerprint density at radius 2 is 2.50 bits per heavy atom. The summed E-state index contributed by atoms with van der Waals surface area (Å²) in [4.78, 5) is 0. The quantitative estimate of drug-likeness (QED) is 0.797. The maximum atomic E-state index is 8.41. The first kappa shape index (κ1) is 7.57. The largest absolute Gasteiger partial charge is 0.464 e. The molecule has 0 fully saturated rings. The zero-order chi connectivity index (χ0) is 7.40. The molecule has 0 aliphatic rings. The van der Waals surface area contributed by atoms with E-state index in [2.05, 4.69) is 15.9 Å². The summed E-state index contributed by atoms with van der Waals surface area (Å²) in [7, 11) is 0. The summed E-state index contributed by atoms with van der Waals surface area (Å²) in [6, 6.07) is 1.80. The van der Waals surface area contributed by atoms with Crippen molar-refractivity contribution in [3.8, 4) is 0 Å². The Morgan fingerprint density at radius 3 is 3.00 bits per heavy atom. The zero-order valence-electron chi connectivity index (χ0n) is 5.25. The first-order chi connectivity index (χ1) is 4.84. The molecule has 0 aromatic carbocycles. The second-order valence-corrected chi connectivity index (χ2v) is 2.57. The van der Waals surface area contributed by atoms with Gasteiger partial charge in [0.05, 0.1) is 17.3 Å². The fraction of sp³-hybridized carbons (Fsp3) is 0.143. The Bertz CT molecular complexity index is 227. The van der Waals surface area contributed by atoms with E-state index in [0.717, 1.165) is 10.2 Å². The van der Waals surface area contributed by atoms with Crippen molar-refractivity contribution in [2.24, 2.45) is 0 Å². The molecule has 0 unspecified atom stereocenters. The van der Waals surface area contributed by atoms with E-state index in [9.17, 15) is 0 Å². The van der Waals surface area contributed by atoms with E-state index in [1.54, 1.807) is 24.5 Å². The van der Waals surface area contributed by atoms with Gasteiger partial charge >= 0.3 is 0 Å². The van der Waals surface area contributed by atoms with Gasteiger partial charge in [-0.1, -0.05) is 6.08 Å². The second kappa shape index (κ2) is 3.58. The van der Waals surface area contributed by atoms with Crippen LogP contribution in [0, 0.1) is 0 Å². The molecule has 2 nitrogen and oxygen atoms in total. The smallest absolute Gasteiger partial charge is 0.140 e. The molecule has 0 bridgehead atoms. The molecule has 1 rings (SSSR count). The number of halogens is 1. The molecular formula is C7H7BrO2. The number of hydrogen-bond acceptors (Lipinski definition) is 2. The Labute approximate surface area is 67.3 Å². The average Bonchev–Trinajstić information content (AvgIpc) is 2.31. The fourth-order valence-corrected chi connectivity index (χ4v) is 0.918. The Balaban J connectivity index is 2.74. The predicted molar refractivity (Wildman–Crippen MR) is 42.5 cm³/mol. The van der Waals surface area contributed by atoms with Crippen molar-refractivity contribution in [2.75, 3.05) is 6.61 Å². The van der Waals surface area contributed by atoms with Crippen molar-refractivity contribution in [1.29, 1.82) is 0 Å². The van der Waals surface area contributed by atoms with Crippen molar-refractivity contribution in [3.05, 3.63) is 28.6 Å². The van der Waals surface area contributed by atoms with Crippen LogP contribution in [0.2, 0.25) is 0 Å². The highest BCUT2D eigenvalue weighted by atomic mass is 79.9. The third kappa shape index (κ3) is 1.72. The molecule has 0 amide bonds. The van der Waals surface area contributed by atoms with Gasteiger partial charge in [-0.2, -0.15) is 0 Å². The highest BCUT2D eigenvalue weighted by Crippen LogP contribution is 2.18. The van der Waals surface area contributed by atoms with Gasteiger partial charge < -0.3 is 9.52 Å². The maximum Gasteiger partial charge on any atom is 0.140 e. The highest BCUT2D eigenvalue weighted by molar-refractivity contribution is 9.10. The molecule has 0 radical (unpaired) electrons. The summed E-state index contributed by atoms with van der Waals surface area (Å²) in [5, 5.41) is 8.41. The lowest BCUT2D eigenvalue weighted by Gasteiger charge is -1.84. The summed E-state index contributed by atoms with van der Waals surface area (Å²) >= 11 is 3.27. The minimum absolute atomic E-state index is 0.0349. The lowest BCUT2D eigenvalue weighted by molar-refractivity contribution is 0.343. The Kier molecular flexibility index (Phi) is 2.71. The van der Waals surface area contributed by atoms with E-state index < -0.39 is 0 Å². The van der Waals surface area contributed by atoms with Crippen LogP contribution >= 0.6 is 15.9 Å². The summed E-state index contributed by atoms with van der Waals surface area (Å²) in [6.45, 7) is 0.0349. The SMILES string of the molecule is OC/C=C/c1occc1Br. The van der Waals surface area contributed by atoms with Crippen LogP contribution in [0.25, 0.3) is 6.08 Å². The van der Waals surface area contributed by atoms with Crippen molar-refractivity contribution in [3.63, 3.8) is 0 Å². The summed E-state index contributed by atoms with van der Waals surface area (Å²) in [5.41, 5.74) is 0. The van der Waals surface area contributed by atoms with Crippen molar-refractivity contribution >= 4 is 22.0 Å². The molecule has 10 heavy (non-hydrogen) atoms. The summed E-state index contributed by atoms with van der Waals surface area (Å²) < 4.78 is 5.92. The van der Waals surface area contributed by atoms with Crippen LogP contribution in [-0.4, -0.2) is 11.7 Å². The first-order valence-corrected chi connectivity index (χ1v) is 3.64. The fourth-order valence-electron chi connectivity index (χ4n) is 0.584. The van der Waals surface area contributed by atoms with Crippen LogP contribution in [0.5, 0.6) is 0 Å². The van der Waals surface area contributed by atoms with E-state index in [1.165, 1.54) is 0 Å². The lowest BCUT2D eigenvalue weighted by Crippen LogP contribution is -1.70. The molecule has 1 aromatic rings. The standard InChI is InChI=1S/C7H7BrO2/c8-6-3-5-10-7(6)2-1-4-9/h1-3,5,9H,4H2/b2-1+. The normalized spacial score (nSPS) is 11.0. The number of aliphatic hydroxyl groups excluding tert-OH is 1. The average molecular weight is 203 g/mol. The van der Waals surface area contributed by atoms with Gasteiger partial charge in [0, 0.05) is 0 Å². The number of furan rings is 1. The van der Waals surface area contributed by atoms with Gasteiger partial charge in [0.15, 0.2) is 0 Å². The molecule has 54 valence electrons. The molecule has 0 saturated heterocycles. The van der Waals surface area contributed by atoms with Gasteiger partial charge in [0.2, 0.25) is 0 Å². The summed E-state index contributed by atoms with van der Waals surface area (Å²) in [6.07, 6.45) is 4.91. The van der Waals surface area contributed by atoms with Gasteiger partial charge in [-0.25, -0.2) is 0 Å². The number of hydrogen-bond donors (Lipinski definition) is 1. The van der Waals surface area contributed by atoms with Crippen LogP contribution in [0.1, 0.15) is 5.76 Å². The van der Waals surface area contributed by atoms with Crippen LogP contribution in [0.4, 0.5) is 0 Å². The molecule has 3 heteroatoms. The monoisotopic (exact) mass is 202 g/mol. The van der Waals surface area contributed by atoms with Gasteiger partial charge in [-0.05, 0) is 28.1 Å². The number of rotatable bonds is 2. The molecule has 1 heterocycles. The molecular weight excluding hydrogens is 196 g/mol. The van der Waals surface area contributed by atoms with Crippen LogP contribution < -0.4 is 0 Å². The van der Waals surface area contributed by atoms with E-state index in [4.69, 9.17) is 9.52 Å². The third-order valence-electron chi connectivity index (χ3n) is 1.02. The lowest BCUT2D eigenvalue weighted by atomic mass is 10.4. The molecule has 0 aliphatic carbocycles. The molecule has 0 aliphatic heterocycles. The van der Waals surface area contributed by atoms with Gasteiger partial charge in [0.25, 0.3) is 0 Å².